The van der Waals surface area contributed by atoms with E-state index < -0.39 is 17.6 Å². The molecule has 2 atom stereocenters. The Labute approximate surface area is 148 Å². The number of ether oxygens (including phenoxy) is 1. The van der Waals surface area contributed by atoms with Gasteiger partial charge in [0.25, 0.3) is 0 Å². The summed E-state index contributed by atoms with van der Waals surface area (Å²) in [7, 11) is 1.38. The molecule has 136 valence electrons. The number of aromatic carboxylic acids is 1. The predicted molar refractivity (Wildman–Crippen MR) is 89.0 cm³/mol. The van der Waals surface area contributed by atoms with Gasteiger partial charge in [-0.05, 0) is 47.7 Å². The number of carboxylic acids is 1. The lowest BCUT2D eigenvalue weighted by molar-refractivity contribution is -0.122. The van der Waals surface area contributed by atoms with E-state index in [2.05, 4.69) is 5.32 Å². The van der Waals surface area contributed by atoms with E-state index in [0.717, 1.165) is 12.1 Å². The van der Waals surface area contributed by atoms with Gasteiger partial charge >= 0.3 is 5.97 Å². The summed E-state index contributed by atoms with van der Waals surface area (Å²) in [5.74, 6) is -3.33. The fourth-order valence-corrected chi connectivity index (χ4v) is 2.95. The molecule has 2 aromatic carbocycles. The number of carbonyl (C=O) groups excluding carboxylic acids is 1. The standard InChI is InChI=1S/C19H17F2NO4/c1-26-17-5-2-10(6-14(17)19(24)25)9-22-18(23)13-8-12(13)11-3-4-15(20)16(21)7-11/h2-7,12-13H,8-9H2,1H3,(H,22,23)(H,24,25)/t12-,13+/m0/s1. The number of methoxy groups -OCH3 is 1. The molecule has 0 bridgehead atoms. The molecule has 7 heteroatoms. The summed E-state index contributed by atoms with van der Waals surface area (Å²) >= 11 is 0. The van der Waals surface area contributed by atoms with Crippen molar-refractivity contribution in [2.45, 2.75) is 18.9 Å². The maximum absolute atomic E-state index is 13.3. The van der Waals surface area contributed by atoms with Gasteiger partial charge in [0.1, 0.15) is 11.3 Å². The largest absolute Gasteiger partial charge is 0.496 e. The van der Waals surface area contributed by atoms with E-state index in [-0.39, 0.29) is 35.6 Å². The first-order valence-corrected chi connectivity index (χ1v) is 8.03. The monoisotopic (exact) mass is 361 g/mol. The van der Waals surface area contributed by atoms with Crippen molar-refractivity contribution < 1.29 is 28.2 Å². The number of nitrogens with one attached hydrogen (secondary N) is 1. The molecule has 3 rings (SSSR count). The van der Waals surface area contributed by atoms with Gasteiger partial charge in [-0.2, -0.15) is 0 Å². The molecule has 0 unspecified atom stereocenters. The molecule has 1 aliphatic carbocycles. The average Bonchev–Trinajstić information content (AvgIpc) is 3.42. The van der Waals surface area contributed by atoms with Crippen molar-refractivity contribution in [2.24, 2.45) is 5.92 Å². The van der Waals surface area contributed by atoms with Gasteiger partial charge in [-0.25, -0.2) is 13.6 Å². The van der Waals surface area contributed by atoms with Crippen LogP contribution in [0.3, 0.4) is 0 Å². The van der Waals surface area contributed by atoms with Gasteiger partial charge in [-0.3, -0.25) is 4.79 Å². The highest BCUT2D eigenvalue weighted by Crippen LogP contribution is 2.47. The molecule has 0 aromatic heterocycles. The zero-order chi connectivity index (χ0) is 18.8. The third-order valence-corrected chi connectivity index (χ3v) is 4.46. The summed E-state index contributed by atoms with van der Waals surface area (Å²) in [5.41, 5.74) is 1.24. The summed E-state index contributed by atoms with van der Waals surface area (Å²) in [6, 6.07) is 8.32. The van der Waals surface area contributed by atoms with E-state index in [0.29, 0.717) is 17.5 Å². The lowest BCUT2D eigenvalue weighted by Crippen LogP contribution is -2.25. The van der Waals surface area contributed by atoms with Gasteiger partial charge in [-0.1, -0.05) is 12.1 Å². The second-order valence-corrected chi connectivity index (χ2v) is 6.18. The van der Waals surface area contributed by atoms with Crippen molar-refractivity contribution in [3.05, 3.63) is 64.7 Å². The van der Waals surface area contributed by atoms with Crippen LogP contribution in [0.2, 0.25) is 0 Å². The van der Waals surface area contributed by atoms with E-state index >= 15 is 0 Å². The van der Waals surface area contributed by atoms with Crippen LogP contribution >= 0.6 is 0 Å². The first kappa shape index (κ1) is 17.8. The molecule has 0 saturated heterocycles. The first-order valence-electron chi connectivity index (χ1n) is 8.03. The molecule has 2 aromatic rings. The minimum atomic E-state index is -1.12. The third-order valence-electron chi connectivity index (χ3n) is 4.46. The van der Waals surface area contributed by atoms with E-state index in [1.54, 1.807) is 6.07 Å². The number of hydrogen-bond acceptors (Lipinski definition) is 3. The van der Waals surface area contributed by atoms with Gasteiger partial charge in [0, 0.05) is 12.5 Å². The van der Waals surface area contributed by atoms with Gasteiger partial charge < -0.3 is 15.2 Å². The summed E-state index contributed by atoms with van der Waals surface area (Å²) in [6.07, 6.45) is 0.569. The highest BCUT2D eigenvalue weighted by molar-refractivity contribution is 5.91. The van der Waals surface area contributed by atoms with Gasteiger partial charge in [0.15, 0.2) is 11.6 Å². The highest BCUT2D eigenvalue weighted by atomic mass is 19.2. The van der Waals surface area contributed by atoms with E-state index in [9.17, 15) is 23.5 Å². The van der Waals surface area contributed by atoms with Crippen LogP contribution in [-0.4, -0.2) is 24.1 Å². The molecule has 26 heavy (non-hydrogen) atoms. The minimum absolute atomic E-state index is 0.0188. The fourth-order valence-electron chi connectivity index (χ4n) is 2.95. The average molecular weight is 361 g/mol. The molecule has 0 radical (unpaired) electrons. The molecule has 1 fully saturated rings. The Hall–Kier alpha value is -2.96. The third kappa shape index (κ3) is 3.66. The van der Waals surface area contributed by atoms with E-state index in [1.165, 1.54) is 25.3 Å². The molecule has 0 heterocycles. The maximum Gasteiger partial charge on any atom is 0.339 e. The second kappa shape index (κ2) is 7.11. The lowest BCUT2D eigenvalue weighted by atomic mass is 10.1. The van der Waals surface area contributed by atoms with Gasteiger partial charge in [0.05, 0.1) is 7.11 Å². The van der Waals surface area contributed by atoms with Crippen LogP contribution in [0, 0.1) is 17.6 Å². The van der Waals surface area contributed by atoms with Crippen molar-refractivity contribution in [1.82, 2.24) is 5.32 Å². The van der Waals surface area contributed by atoms with Crippen LogP contribution in [0.15, 0.2) is 36.4 Å². The van der Waals surface area contributed by atoms with Crippen LogP contribution in [0.1, 0.15) is 33.8 Å². The number of carboxylic acid groups (broad SMARTS) is 1. The van der Waals surface area contributed by atoms with Crippen LogP contribution in [0.25, 0.3) is 0 Å². The molecule has 1 saturated carbocycles. The summed E-state index contributed by atoms with van der Waals surface area (Å²) in [4.78, 5) is 23.5. The summed E-state index contributed by atoms with van der Waals surface area (Å²) < 4.78 is 31.3. The predicted octanol–water partition coefficient (Wildman–Crippen LogP) is 3.09. The zero-order valence-electron chi connectivity index (χ0n) is 14.0. The van der Waals surface area contributed by atoms with Crippen LogP contribution in [0.4, 0.5) is 8.78 Å². The Morgan fingerprint density at radius 3 is 2.62 bits per heavy atom. The molecular formula is C19H17F2NO4. The van der Waals surface area contributed by atoms with Crippen molar-refractivity contribution in [3.8, 4) is 5.75 Å². The number of benzene rings is 2. The summed E-state index contributed by atoms with van der Waals surface area (Å²) in [5, 5.41) is 11.9. The lowest BCUT2D eigenvalue weighted by Gasteiger charge is -2.09. The summed E-state index contributed by atoms with van der Waals surface area (Å²) in [6.45, 7) is 0.171. The van der Waals surface area contributed by atoms with E-state index in [4.69, 9.17) is 4.74 Å². The molecule has 1 amide bonds. The van der Waals surface area contributed by atoms with Crippen LogP contribution in [-0.2, 0) is 11.3 Å². The van der Waals surface area contributed by atoms with Crippen molar-refractivity contribution >= 4 is 11.9 Å². The molecule has 5 nitrogen and oxygen atoms in total. The Kier molecular flexibility index (Phi) is 4.88. The zero-order valence-corrected chi connectivity index (χ0v) is 14.0. The van der Waals surface area contributed by atoms with Crippen LogP contribution in [0.5, 0.6) is 5.75 Å². The number of carbonyl (C=O) groups is 2. The Morgan fingerprint density at radius 2 is 1.96 bits per heavy atom. The fraction of sp³-hybridized carbons (Fsp3) is 0.263. The topological polar surface area (TPSA) is 75.6 Å². The molecule has 2 N–H and O–H groups in total. The molecule has 1 aliphatic rings. The Balaban J connectivity index is 1.61. The van der Waals surface area contributed by atoms with Crippen molar-refractivity contribution in [2.75, 3.05) is 7.11 Å². The minimum Gasteiger partial charge on any atom is -0.496 e. The highest BCUT2D eigenvalue weighted by Gasteiger charge is 2.44. The Bertz CT molecular complexity index is 869. The molecular weight excluding hydrogens is 344 g/mol. The first-order chi connectivity index (χ1) is 12.4. The van der Waals surface area contributed by atoms with Gasteiger partial charge in [-0.15, -0.1) is 0 Å². The maximum atomic E-state index is 13.3. The number of amides is 1. The molecule has 0 aliphatic heterocycles. The quantitative estimate of drug-likeness (QED) is 0.829. The van der Waals surface area contributed by atoms with Gasteiger partial charge in [0.2, 0.25) is 5.91 Å². The normalized spacial score (nSPS) is 18.3. The molecule has 0 spiro atoms. The SMILES string of the molecule is COc1ccc(CNC(=O)[C@@H]2C[C@H]2c2ccc(F)c(F)c2)cc1C(=O)O. The van der Waals surface area contributed by atoms with Crippen molar-refractivity contribution in [3.63, 3.8) is 0 Å². The van der Waals surface area contributed by atoms with E-state index in [1.807, 2.05) is 0 Å². The smallest absolute Gasteiger partial charge is 0.339 e. The number of halogens is 2. The van der Waals surface area contributed by atoms with Crippen LogP contribution < -0.4 is 10.1 Å². The van der Waals surface area contributed by atoms with Crippen molar-refractivity contribution in [1.29, 1.82) is 0 Å². The Morgan fingerprint density at radius 1 is 1.19 bits per heavy atom. The second-order valence-electron chi connectivity index (χ2n) is 6.18. The number of hydrogen-bond donors (Lipinski definition) is 2. The number of rotatable bonds is 6.